The molecule has 0 radical (unpaired) electrons. The molecule has 0 bridgehead atoms. The molecule has 0 saturated heterocycles. The molecular formula is C9H14N2. The topological polar surface area (TPSA) is 24.4 Å². The van der Waals surface area contributed by atoms with Crippen LogP contribution in [0.1, 0.15) is 20.3 Å². The maximum atomic E-state index is 4.10. The van der Waals surface area contributed by atoms with Crippen LogP contribution in [0.2, 0.25) is 0 Å². The highest BCUT2D eigenvalue weighted by Crippen LogP contribution is 2.48. The van der Waals surface area contributed by atoms with Crippen molar-refractivity contribution in [2.75, 3.05) is 0 Å². The lowest BCUT2D eigenvalue weighted by atomic mass is 10.1. The maximum absolute atomic E-state index is 4.10. The molecule has 1 aliphatic carbocycles. The summed E-state index contributed by atoms with van der Waals surface area (Å²) < 4.78 is 0. The van der Waals surface area contributed by atoms with E-state index in [9.17, 15) is 0 Å². The molecule has 1 heterocycles. The smallest absolute Gasteiger partial charge is 0.0283 e. The van der Waals surface area contributed by atoms with Crippen molar-refractivity contribution in [3.05, 3.63) is 11.8 Å². The van der Waals surface area contributed by atoms with Crippen molar-refractivity contribution in [2.45, 2.75) is 20.3 Å². The van der Waals surface area contributed by atoms with E-state index in [-0.39, 0.29) is 0 Å². The lowest BCUT2D eigenvalue weighted by Gasteiger charge is -2.01. The average Bonchev–Trinajstić information content (AvgIpc) is 2.49. The molecule has 0 spiro atoms. The lowest BCUT2D eigenvalue weighted by molar-refractivity contribution is 0.724. The normalized spacial score (nSPS) is 48.9. The average molecular weight is 150 g/mol. The van der Waals surface area contributed by atoms with Gasteiger partial charge < -0.3 is 0 Å². The van der Waals surface area contributed by atoms with Gasteiger partial charge in [0.2, 0.25) is 0 Å². The third-order valence-corrected chi connectivity index (χ3v) is 2.83. The molecule has 1 saturated carbocycles. The third kappa shape index (κ3) is 1.17. The standard InChI is InChI=1S/C9H14N2/c1-6-3-8-7(2)9(8)5-11-10-4-6/h4-5,7-10H,3H2,1-2H3/b6-4+,11-5+. The Morgan fingerprint density at radius 2 is 2.45 bits per heavy atom. The second-order valence-corrected chi connectivity index (χ2v) is 3.70. The molecule has 1 aliphatic heterocycles. The first kappa shape index (κ1) is 6.89. The molecule has 2 heteroatoms. The van der Waals surface area contributed by atoms with Crippen molar-refractivity contribution in [3.8, 4) is 0 Å². The Balaban J connectivity index is 2.11. The van der Waals surface area contributed by atoms with E-state index >= 15 is 0 Å². The molecule has 1 fully saturated rings. The zero-order chi connectivity index (χ0) is 7.84. The Morgan fingerprint density at radius 3 is 3.27 bits per heavy atom. The van der Waals surface area contributed by atoms with Gasteiger partial charge in [0.25, 0.3) is 0 Å². The molecule has 1 N–H and O–H groups in total. The van der Waals surface area contributed by atoms with Crippen LogP contribution in [-0.4, -0.2) is 6.21 Å². The Labute approximate surface area is 67.4 Å². The molecule has 0 aromatic rings. The van der Waals surface area contributed by atoms with E-state index in [2.05, 4.69) is 30.6 Å². The summed E-state index contributed by atoms with van der Waals surface area (Å²) >= 11 is 0. The van der Waals surface area contributed by atoms with Crippen molar-refractivity contribution in [1.29, 1.82) is 0 Å². The monoisotopic (exact) mass is 150 g/mol. The number of nitrogens with zero attached hydrogens (tertiary/aromatic N) is 1. The van der Waals surface area contributed by atoms with Crippen LogP contribution in [0.15, 0.2) is 16.9 Å². The predicted molar refractivity (Wildman–Crippen MR) is 46.1 cm³/mol. The van der Waals surface area contributed by atoms with E-state index in [1.807, 2.05) is 6.20 Å². The Morgan fingerprint density at radius 1 is 1.64 bits per heavy atom. The fourth-order valence-corrected chi connectivity index (χ4v) is 1.86. The van der Waals surface area contributed by atoms with Crippen molar-refractivity contribution in [1.82, 2.24) is 5.43 Å². The highest BCUT2D eigenvalue weighted by molar-refractivity contribution is 5.65. The van der Waals surface area contributed by atoms with Gasteiger partial charge >= 0.3 is 0 Å². The lowest BCUT2D eigenvalue weighted by Crippen LogP contribution is -2.01. The van der Waals surface area contributed by atoms with Gasteiger partial charge in [-0.05, 0) is 25.2 Å². The van der Waals surface area contributed by atoms with Gasteiger partial charge in [-0.15, -0.1) is 0 Å². The van der Waals surface area contributed by atoms with Crippen LogP contribution in [0.3, 0.4) is 0 Å². The number of hydrogen-bond donors (Lipinski definition) is 1. The van der Waals surface area contributed by atoms with Crippen molar-refractivity contribution in [3.63, 3.8) is 0 Å². The Bertz CT molecular complexity index is 218. The molecule has 0 amide bonds. The first-order chi connectivity index (χ1) is 5.29. The van der Waals surface area contributed by atoms with E-state index in [4.69, 9.17) is 0 Å². The second kappa shape index (κ2) is 2.36. The second-order valence-electron chi connectivity index (χ2n) is 3.70. The summed E-state index contributed by atoms with van der Waals surface area (Å²) in [6, 6.07) is 0. The zero-order valence-corrected chi connectivity index (χ0v) is 7.04. The SMILES string of the molecule is C/C1=C\N/N=C/C2C(C)C2C1. The highest BCUT2D eigenvalue weighted by atomic mass is 15.3. The summed E-state index contributed by atoms with van der Waals surface area (Å²) in [6.45, 7) is 4.47. The van der Waals surface area contributed by atoms with Gasteiger partial charge in [0.05, 0.1) is 0 Å². The number of hydrogen-bond acceptors (Lipinski definition) is 2. The summed E-state index contributed by atoms with van der Waals surface area (Å²) in [6.07, 6.45) is 5.29. The minimum atomic E-state index is 0.742. The Kier molecular flexibility index (Phi) is 1.48. The van der Waals surface area contributed by atoms with Crippen LogP contribution in [0.4, 0.5) is 0 Å². The molecule has 2 rings (SSSR count). The third-order valence-electron chi connectivity index (χ3n) is 2.83. The molecule has 60 valence electrons. The quantitative estimate of drug-likeness (QED) is 0.559. The molecule has 3 unspecified atom stereocenters. The number of allylic oxidation sites excluding steroid dienone is 1. The molecule has 0 aromatic carbocycles. The number of fused-ring (bicyclic) bond motifs is 1. The first-order valence-electron chi connectivity index (χ1n) is 4.23. The molecule has 2 nitrogen and oxygen atoms in total. The largest absolute Gasteiger partial charge is 0.286 e. The summed E-state index contributed by atoms with van der Waals surface area (Å²) in [5, 5.41) is 4.10. The van der Waals surface area contributed by atoms with Gasteiger partial charge in [-0.1, -0.05) is 12.5 Å². The van der Waals surface area contributed by atoms with Gasteiger partial charge in [-0.25, -0.2) is 0 Å². The fourth-order valence-electron chi connectivity index (χ4n) is 1.86. The van der Waals surface area contributed by atoms with Crippen LogP contribution < -0.4 is 5.43 Å². The molecule has 3 atom stereocenters. The van der Waals surface area contributed by atoms with E-state index < -0.39 is 0 Å². The molecule has 0 aromatic heterocycles. The van der Waals surface area contributed by atoms with Gasteiger partial charge in [-0.3, -0.25) is 5.43 Å². The highest BCUT2D eigenvalue weighted by Gasteiger charge is 2.45. The summed E-state index contributed by atoms with van der Waals surface area (Å²) in [7, 11) is 0. The van der Waals surface area contributed by atoms with Gasteiger partial charge in [0, 0.05) is 18.3 Å². The van der Waals surface area contributed by atoms with Crippen molar-refractivity contribution < 1.29 is 0 Å². The fraction of sp³-hybridized carbons (Fsp3) is 0.667. The predicted octanol–water partition coefficient (Wildman–Crippen LogP) is 1.75. The summed E-state index contributed by atoms with van der Waals surface area (Å²) in [5.41, 5.74) is 4.34. The molecule has 11 heavy (non-hydrogen) atoms. The zero-order valence-electron chi connectivity index (χ0n) is 7.04. The number of rotatable bonds is 0. The van der Waals surface area contributed by atoms with E-state index in [0.29, 0.717) is 0 Å². The van der Waals surface area contributed by atoms with Gasteiger partial charge in [-0.2, -0.15) is 5.10 Å². The van der Waals surface area contributed by atoms with E-state index in [1.165, 1.54) is 12.0 Å². The van der Waals surface area contributed by atoms with Crippen LogP contribution in [-0.2, 0) is 0 Å². The van der Waals surface area contributed by atoms with Crippen molar-refractivity contribution in [2.24, 2.45) is 22.9 Å². The van der Waals surface area contributed by atoms with Crippen LogP contribution in [0, 0.1) is 17.8 Å². The van der Waals surface area contributed by atoms with Crippen LogP contribution in [0.25, 0.3) is 0 Å². The van der Waals surface area contributed by atoms with Crippen molar-refractivity contribution >= 4 is 6.21 Å². The van der Waals surface area contributed by atoms with Crippen LogP contribution >= 0.6 is 0 Å². The summed E-state index contributed by atoms with van der Waals surface area (Å²) in [5.74, 6) is 2.46. The number of hydrazone groups is 1. The minimum absolute atomic E-state index is 0.742. The molecular weight excluding hydrogens is 136 g/mol. The minimum Gasteiger partial charge on any atom is -0.286 e. The number of nitrogens with one attached hydrogen (secondary N) is 1. The van der Waals surface area contributed by atoms with Crippen LogP contribution in [0.5, 0.6) is 0 Å². The summed E-state index contributed by atoms with van der Waals surface area (Å²) in [4.78, 5) is 0. The first-order valence-corrected chi connectivity index (χ1v) is 4.23. The molecule has 2 aliphatic rings. The van der Waals surface area contributed by atoms with E-state index in [1.54, 1.807) is 0 Å². The van der Waals surface area contributed by atoms with Gasteiger partial charge in [0.15, 0.2) is 0 Å². The Hall–Kier alpha value is -0.790. The maximum Gasteiger partial charge on any atom is 0.0283 e. The van der Waals surface area contributed by atoms with E-state index in [0.717, 1.165) is 17.8 Å². The van der Waals surface area contributed by atoms with Gasteiger partial charge in [0.1, 0.15) is 0 Å².